The molecular formula is C9H12BrN3O. The Morgan fingerprint density at radius 3 is 3.14 bits per heavy atom. The van der Waals surface area contributed by atoms with Crippen LogP contribution in [0.2, 0.25) is 0 Å². The third kappa shape index (κ3) is 2.23. The van der Waals surface area contributed by atoms with Crippen LogP contribution in [-0.2, 0) is 6.54 Å². The van der Waals surface area contributed by atoms with Crippen molar-refractivity contribution in [2.24, 2.45) is 0 Å². The molecule has 0 aliphatic rings. The first-order valence-corrected chi connectivity index (χ1v) is 5.10. The Balaban J connectivity index is 2.86. The lowest BCUT2D eigenvalue weighted by Gasteiger charge is -2.05. The Morgan fingerprint density at radius 1 is 1.86 bits per heavy atom. The summed E-state index contributed by atoms with van der Waals surface area (Å²) in [5, 5.41) is 6.75. The number of hydrogen-bond acceptors (Lipinski definition) is 2. The molecule has 5 heteroatoms. The number of amides is 1. The van der Waals surface area contributed by atoms with Crippen LogP contribution >= 0.6 is 15.9 Å². The molecule has 1 N–H and O–H groups in total. The number of aryl methyl sites for hydroxylation is 1. The lowest BCUT2D eigenvalue weighted by Crippen LogP contribution is -2.26. The van der Waals surface area contributed by atoms with Gasteiger partial charge < -0.3 is 5.32 Å². The molecule has 0 spiro atoms. The Hall–Kier alpha value is -1.10. The first-order chi connectivity index (χ1) is 6.70. The molecule has 1 aromatic rings. The van der Waals surface area contributed by atoms with Crippen molar-refractivity contribution in [2.75, 3.05) is 6.54 Å². The van der Waals surface area contributed by atoms with E-state index in [1.54, 1.807) is 17.0 Å². The number of carbonyl (C=O) groups is 1. The van der Waals surface area contributed by atoms with Gasteiger partial charge in [0.05, 0.1) is 10.7 Å². The lowest BCUT2D eigenvalue weighted by atomic mass is 10.4. The highest BCUT2D eigenvalue weighted by atomic mass is 79.9. The Bertz CT molecular complexity index is 346. The van der Waals surface area contributed by atoms with Gasteiger partial charge >= 0.3 is 0 Å². The first kappa shape index (κ1) is 11.0. The van der Waals surface area contributed by atoms with Crippen LogP contribution in [0.1, 0.15) is 17.4 Å². The molecule has 0 unspecified atom stereocenters. The van der Waals surface area contributed by atoms with Gasteiger partial charge in [-0.15, -0.1) is 6.58 Å². The normalized spacial score (nSPS) is 9.86. The molecule has 0 saturated heterocycles. The highest BCUT2D eigenvalue weighted by molar-refractivity contribution is 9.10. The van der Waals surface area contributed by atoms with E-state index in [1.165, 1.54) is 0 Å². The Kier molecular flexibility index (Phi) is 3.88. The fourth-order valence-electron chi connectivity index (χ4n) is 1.08. The third-order valence-electron chi connectivity index (χ3n) is 1.72. The Morgan fingerprint density at radius 2 is 2.57 bits per heavy atom. The summed E-state index contributed by atoms with van der Waals surface area (Å²) >= 11 is 3.28. The molecule has 1 amide bonds. The molecule has 76 valence electrons. The molecule has 0 aromatic carbocycles. The predicted molar refractivity (Wildman–Crippen MR) is 58.1 cm³/mol. The Labute approximate surface area is 91.1 Å². The van der Waals surface area contributed by atoms with Gasteiger partial charge in [0.1, 0.15) is 5.69 Å². The molecular weight excluding hydrogens is 246 g/mol. The van der Waals surface area contributed by atoms with Crippen molar-refractivity contribution in [3.63, 3.8) is 0 Å². The van der Waals surface area contributed by atoms with Gasteiger partial charge in [-0.05, 0) is 22.9 Å². The van der Waals surface area contributed by atoms with Crippen molar-refractivity contribution in [1.82, 2.24) is 15.1 Å². The van der Waals surface area contributed by atoms with Crippen molar-refractivity contribution in [2.45, 2.75) is 13.5 Å². The maximum absolute atomic E-state index is 11.6. The summed E-state index contributed by atoms with van der Waals surface area (Å²) in [5.41, 5.74) is 0.550. The summed E-state index contributed by atoms with van der Waals surface area (Å²) in [6.45, 7) is 6.59. The molecule has 1 rings (SSSR count). The van der Waals surface area contributed by atoms with Crippen LogP contribution < -0.4 is 5.32 Å². The summed E-state index contributed by atoms with van der Waals surface area (Å²) in [6.07, 6.45) is 3.25. The van der Waals surface area contributed by atoms with Crippen molar-refractivity contribution in [3.05, 3.63) is 29.0 Å². The van der Waals surface area contributed by atoms with Crippen molar-refractivity contribution < 1.29 is 4.79 Å². The van der Waals surface area contributed by atoms with Crippen molar-refractivity contribution in [3.8, 4) is 0 Å². The number of nitrogens with one attached hydrogen (secondary N) is 1. The molecule has 1 heterocycles. The van der Waals surface area contributed by atoms with Gasteiger partial charge in [0.2, 0.25) is 0 Å². The lowest BCUT2D eigenvalue weighted by molar-refractivity contribution is 0.0946. The SMILES string of the molecule is C=CCNC(=O)c1c(Br)cnn1CC. The standard InChI is InChI=1S/C9H12BrN3O/c1-3-5-11-9(14)8-7(10)6-12-13(8)4-2/h3,6H,1,4-5H2,2H3,(H,11,14). The summed E-state index contributed by atoms with van der Waals surface area (Å²) in [6, 6.07) is 0. The minimum atomic E-state index is -0.142. The van der Waals surface area contributed by atoms with Crippen LogP contribution in [0.3, 0.4) is 0 Å². The average molecular weight is 258 g/mol. The van der Waals surface area contributed by atoms with E-state index >= 15 is 0 Å². The van der Waals surface area contributed by atoms with Crippen molar-refractivity contribution in [1.29, 1.82) is 0 Å². The van der Waals surface area contributed by atoms with Gasteiger partial charge in [0, 0.05) is 13.1 Å². The topological polar surface area (TPSA) is 46.9 Å². The molecule has 0 atom stereocenters. The average Bonchev–Trinajstić information content (AvgIpc) is 2.56. The number of nitrogens with zero attached hydrogens (tertiary/aromatic N) is 2. The fraction of sp³-hybridized carbons (Fsp3) is 0.333. The monoisotopic (exact) mass is 257 g/mol. The zero-order valence-corrected chi connectivity index (χ0v) is 9.54. The molecule has 0 bridgehead atoms. The quantitative estimate of drug-likeness (QED) is 0.833. The molecule has 0 saturated carbocycles. The molecule has 0 radical (unpaired) electrons. The number of halogens is 1. The maximum atomic E-state index is 11.6. The van der Waals surface area contributed by atoms with Crippen LogP contribution in [0, 0.1) is 0 Å². The zero-order chi connectivity index (χ0) is 10.6. The van der Waals surface area contributed by atoms with Crippen LogP contribution in [0.15, 0.2) is 23.3 Å². The minimum Gasteiger partial charge on any atom is -0.347 e. The van der Waals surface area contributed by atoms with E-state index < -0.39 is 0 Å². The highest BCUT2D eigenvalue weighted by Crippen LogP contribution is 2.15. The first-order valence-electron chi connectivity index (χ1n) is 4.31. The second-order valence-electron chi connectivity index (χ2n) is 2.66. The van der Waals surface area contributed by atoms with E-state index in [0.717, 1.165) is 0 Å². The maximum Gasteiger partial charge on any atom is 0.270 e. The van der Waals surface area contributed by atoms with E-state index in [9.17, 15) is 4.79 Å². The van der Waals surface area contributed by atoms with Crippen LogP contribution in [0.5, 0.6) is 0 Å². The summed E-state index contributed by atoms with van der Waals surface area (Å²) in [4.78, 5) is 11.6. The fourth-order valence-corrected chi connectivity index (χ4v) is 1.55. The second-order valence-corrected chi connectivity index (χ2v) is 3.51. The zero-order valence-electron chi connectivity index (χ0n) is 7.96. The van der Waals surface area contributed by atoms with Gasteiger partial charge in [-0.2, -0.15) is 5.10 Å². The molecule has 0 aliphatic heterocycles. The van der Waals surface area contributed by atoms with Gasteiger partial charge in [0.25, 0.3) is 5.91 Å². The number of aromatic nitrogens is 2. The van der Waals surface area contributed by atoms with Crippen LogP contribution in [0.4, 0.5) is 0 Å². The number of hydrogen-bond donors (Lipinski definition) is 1. The van der Waals surface area contributed by atoms with Crippen LogP contribution in [-0.4, -0.2) is 22.2 Å². The highest BCUT2D eigenvalue weighted by Gasteiger charge is 2.14. The number of carbonyl (C=O) groups excluding carboxylic acids is 1. The molecule has 4 nitrogen and oxygen atoms in total. The summed E-state index contributed by atoms with van der Waals surface area (Å²) < 4.78 is 2.35. The van der Waals surface area contributed by atoms with Crippen LogP contribution in [0.25, 0.3) is 0 Å². The summed E-state index contributed by atoms with van der Waals surface area (Å²) in [5.74, 6) is -0.142. The third-order valence-corrected chi connectivity index (χ3v) is 2.30. The van der Waals surface area contributed by atoms with Gasteiger partial charge in [-0.25, -0.2) is 0 Å². The van der Waals surface area contributed by atoms with Gasteiger partial charge in [0.15, 0.2) is 0 Å². The van der Waals surface area contributed by atoms with E-state index in [2.05, 4.69) is 32.9 Å². The number of rotatable bonds is 4. The smallest absolute Gasteiger partial charge is 0.270 e. The molecule has 1 aromatic heterocycles. The minimum absolute atomic E-state index is 0.142. The predicted octanol–water partition coefficient (Wildman–Crippen LogP) is 1.58. The van der Waals surface area contributed by atoms with Gasteiger partial charge in [-0.3, -0.25) is 9.48 Å². The molecule has 14 heavy (non-hydrogen) atoms. The van der Waals surface area contributed by atoms with E-state index in [-0.39, 0.29) is 5.91 Å². The van der Waals surface area contributed by atoms with E-state index in [4.69, 9.17) is 0 Å². The summed E-state index contributed by atoms with van der Waals surface area (Å²) in [7, 11) is 0. The van der Waals surface area contributed by atoms with Gasteiger partial charge in [-0.1, -0.05) is 6.08 Å². The van der Waals surface area contributed by atoms with E-state index in [0.29, 0.717) is 23.3 Å². The van der Waals surface area contributed by atoms with E-state index in [1.807, 2.05) is 6.92 Å². The van der Waals surface area contributed by atoms with Crippen molar-refractivity contribution >= 4 is 21.8 Å². The second kappa shape index (κ2) is 4.95. The largest absolute Gasteiger partial charge is 0.347 e. The molecule has 0 fully saturated rings. The molecule has 0 aliphatic carbocycles.